The number of fused-ring (bicyclic) bond motifs is 1. The Balaban J connectivity index is 2.22. The zero-order valence-corrected chi connectivity index (χ0v) is 10.6. The molecule has 5 heteroatoms. The number of aryl methyl sites for hydroxylation is 1. The van der Waals surface area contributed by atoms with E-state index in [1.807, 2.05) is 35.9 Å². The Hall–Kier alpha value is -1.78. The first kappa shape index (κ1) is 11.3. The van der Waals surface area contributed by atoms with Gasteiger partial charge in [0.05, 0.1) is 11.0 Å². The molecule has 0 aliphatic carbocycles. The Morgan fingerprint density at radius 1 is 1.33 bits per heavy atom. The zero-order valence-electron chi connectivity index (χ0n) is 9.85. The molecular weight excluding hydrogens is 250 g/mol. The second-order valence-electron chi connectivity index (χ2n) is 4.13. The number of aromatic nitrogens is 2. The van der Waals surface area contributed by atoms with E-state index < -0.39 is 0 Å². The van der Waals surface area contributed by atoms with Gasteiger partial charge in [-0.25, -0.2) is 4.98 Å². The van der Waals surface area contributed by atoms with E-state index in [1.54, 1.807) is 6.07 Å². The summed E-state index contributed by atoms with van der Waals surface area (Å²) < 4.78 is 7.37. The minimum Gasteiger partial charge on any atom is -0.441 e. The lowest BCUT2D eigenvalue weighted by Gasteiger charge is -1.99. The van der Waals surface area contributed by atoms with Crippen LogP contribution in [0.1, 0.15) is 5.56 Å². The second-order valence-corrected chi connectivity index (χ2v) is 4.50. The molecule has 0 amide bonds. The van der Waals surface area contributed by atoms with Gasteiger partial charge in [0, 0.05) is 13.6 Å². The molecular formula is C13H12ClN3O. The van der Waals surface area contributed by atoms with Crippen LogP contribution in [0.25, 0.3) is 22.6 Å². The molecule has 1 aromatic carbocycles. The van der Waals surface area contributed by atoms with Gasteiger partial charge in [-0.2, -0.15) is 0 Å². The maximum absolute atomic E-state index is 5.79. The van der Waals surface area contributed by atoms with E-state index >= 15 is 0 Å². The van der Waals surface area contributed by atoms with Gasteiger partial charge in [0.15, 0.2) is 16.8 Å². The summed E-state index contributed by atoms with van der Waals surface area (Å²) >= 11 is 5.79. The third-order valence-electron chi connectivity index (χ3n) is 2.97. The van der Waals surface area contributed by atoms with Crippen LogP contribution in [0, 0.1) is 0 Å². The molecule has 0 unspecified atom stereocenters. The van der Waals surface area contributed by atoms with E-state index in [9.17, 15) is 0 Å². The molecule has 2 heterocycles. The van der Waals surface area contributed by atoms with Crippen molar-refractivity contribution in [2.45, 2.75) is 6.54 Å². The smallest absolute Gasteiger partial charge is 0.194 e. The zero-order chi connectivity index (χ0) is 12.7. The Labute approximate surface area is 109 Å². The fourth-order valence-electron chi connectivity index (χ4n) is 2.03. The standard InChI is InChI=1S/C13H12ClN3O/c1-17-10-3-2-8(7-15)6-9(10)16-13(17)11-4-5-12(14)18-11/h2-6H,7,15H2,1H3. The fourth-order valence-corrected chi connectivity index (χ4v) is 2.17. The number of benzene rings is 1. The van der Waals surface area contributed by atoms with E-state index in [-0.39, 0.29) is 0 Å². The lowest BCUT2D eigenvalue weighted by Crippen LogP contribution is -1.95. The van der Waals surface area contributed by atoms with E-state index in [2.05, 4.69) is 4.98 Å². The number of furan rings is 1. The highest BCUT2D eigenvalue weighted by atomic mass is 35.5. The molecule has 18 heavy (non-hydrogen) atoms. The largest absolute Gasteiger partial charge is 0.441 e. The van der Waals surface area contributed by atoms with Gasteiger partial charge in [-0.15, -0.1) is 0 Å². The Morgan fingerprint density at radius 3 is 2.83 bits per heavy atom. The predicted molar refractivity (Wildman–Crippen MR) is 71.3 cm³/mol. The van der Waals surface area contributed by atoms with Gasteiger partial charge in [0.1, 0.15) is 0 Å². The van der Waals surface area contributed by atoms with Gasteiger partial charge in [0.2, 0.25) is 0 Å². The Kier molecular flexibility index (Phi) is 2.61. The molecule has 0 radical (unpaired) electrons. The normalized spacial score (nSPS) is 11.3. The summed E-state index contributed by atoms with van der Waals surface area (Å²) in [6.07, 6.45) is 0. The average molecular weight is 262 g/mol. The molecule has 2 aromatic heterocycles. The first-order valence-electron chi connectivity index (χ1n) is 5.60. The molecule has 3 aromatic rings. The SMILES string of the molecule is Cn1c(-c2ccc(Cl)o2)nc2cc(CN)ccc21. The molecule has 92 valence electrons. The van der Waals surface area contributed by atoms with Crippen molar-refractivity contribution in [3.05, 3.63) is 41.1 Å². The fraction of sp³-hybridized carbons (Fsp3) is 0.154. The van der Waals surface area contributed by atoms with Crippen LogP contribution < -0.4 is 5.73 Å². The monoisotopic (exact) mass is 261 g/mol. The minimum absolute atomic E-state index is 0.361. The lowest BCUT2D eigenvalue weighted by molar-refractivity contribution is 0.576. The van der Waals surface area contributed by atoms with Gasteiger partial charge >= 0.3 is 0 Å². The van der Waals surface area contributed by atoms with Crippen molar-refractivity contribution in [1.82, 2.24) is 9.55 Å². The minimum atomic E-state index is 0.361. The molecule has 0 bridgehead atoms. The summed E-state index contributed by atoms with van der Waals surface area (Å²) in [7, 11) is 1.95. The van der Waals surface area contributed by atoms with Crippen LogP contribution in [-0.2, 0) is 13.6 Å². The number of halogens is 1. The van der Waals surface area contributed by atoms with Gasteiger partial charge in [0.25, 0.3) is 0 Å². The van der Waals surface area contributed by atoms with Crippen LogP contribution >= 0.6 is 11.6 Å². The molecule has 0 saturated heterocycles. The van der Waals surface area contributed by atoms with E-state index in [0.717, 1.165) is 22.4 Å². The predicted octanol–water partition coefficient (Wildman–Crippen LogP) is 2.95. The van der Waals surface area contributed by atoms with Crippen LogP contribution in [0.3, 0.4) is 0 Å². The van der Waals surface area contributed by atoms with Crippen molar-refractivity contribution in [2.24, 2.45) is 12.8 Å². The summed E-state index contributed by atoms with van der Waals surface area (Å²) in [5, 5.41) is 0.361. The maximum Gasteiger partial charge on any atom is 0.194 e. The number of rotatable bonds is 2. The van der Waals surface area contributed by atoms with E-state index in [0.29, 0.717) is 17.5 Å². The maximum atomic E-state index is 5.79. The van der Waals surface area contributed by atoms with E-state index in [1.165, 1.54) is 0 Å². The summed E-state index contributed by atoms with van der Waals surface area (Å²) in [5.74, 6) is 1.42. The Morgan fingerprint density at radius 2 is 2.17 bits per heavy atom. The van der Waals surface area contributed by atoms with E-state index in [4.69, 9.17) is 21.8 Å². The van der Waals surface area contributed by atoms with Crippen LogP contribution in [-0.4, -0.2) is 9.55 Å². The molecule has 4 nitrogen and oxygen atoms in total. The van der Waals surface area contributed by atoms with Crippen LogP contribution in [0.2, 0.25) is 5.22 Å². The average Bonchev–Trinajstić information content (AvgIpc) is 2.93. The van der Waals surface area contributed by atoms with Crippen LogP contribution in [0.4, 0.5) is 0 Å². The van der Waals surface area contributed by atoms with Crippen LogP contribution in [0.15, 0.2) is 34.7 Å². The highest BCUT2D eigenvalue weighted by molar-refractivity contribution is 6.28. The number of nitrogens with two attached hydrogens (primary N) is 1. The summed E-state index contributed by atoms with van der Waals surface area (Å²) in [6, 6.07) is 9.53. The third-order valence-corrected chi connectivity index (χ3v) is 3.18. The molecule has 2 N–H and O–H groups in total. The van der Waals surface area contributed by atoms with Gasteiger partial charge in [-0.1, -0.05) is 6.07 Å². The molecule has 0 saturated carbocycles. The van der Waals surface area contributed by atoms with Crippen molar-refractivity contribution in [2.75, 3.05) is 0 Å². The van der Waals surface area contributed by atoms with Crippen molar-refractivity contribution in [3.63, 3.8) is 0 Å². The summed E-state index contributed by atoms with van der Waals surface area (Å²) in [5.41, 5.74) is 8.63. The number of imidazole rings is 1. The molecule has 0 fully saturated rings. The van der Waals surface area contributed by atoms with Crippen molar-refractivity contribution in [3.8, 4) is 11.6 Å². The van der Waals surface area contributed by atoms with Gasteiger partial charge in [-0.3, -0.25) is 0 Å². The highest BCUT2D eigenvalue weighted by Gasteiger charge is 2.13. The molecule has 0 aliphatic rings. The quantitative estimate of drug-likeness (QED) is 0.772. The first-order chi connectivity index (χ1) is 8.69. The Bertz CT molecular complexity index is 714. The van der Waals surface area contributed by atoms with Crippen molar-refractivity contribution in [1.29, 1.82) is 0 Å². The summed E-state index contributed by atoms with van der Waals surface area (Å²) in [6.45, 7) is 0.508. The highest BCUT2D eigenvalue weighted by Crippen LogP contribution is 2.27. The molecule has 0 atom stereocenters. The van der Waals surface area contributed by atoms with Crippen molar-refractivity contribution >= 4 is 22.6 Å². The van der Waals surface area contributed by atoms with Crippen LogP contribution in [0.5, 0.6) is 0 Å². The summed E-state index contributed by atoms with van der Waals surface area (Å²) in [4.78, 5) is 4.56. The van der Waals surface area contributed by atoms with Crippen molar-refractivity contribution < 1.29 is 4.42 Å². The molecule has 0 aliphatic heterocycles. The van der Waals surface area contributed by atoms with Gasteiger partial charge < -0.3 is 14.7 Å². The number of hydrogen-bond donors (Lipinski definition) is 1. The number of nitrogens with zero attached hydrogens (tertiary/aromatic N) is 2. The topological polar surface area (TPSA) is 57.0 Å². The van der Waals surface area contributed by atoms with Gasteiger partial charge in [-0.05, 0) is 41.4 Å². The molecule has 3 rings (SSSR count). The first-order valence-corrected chi connectivity index (χ1v) is 5.98. The molecule has 0 spiro atoms. The lowest BCUT2D eigenvalue weighted by atomic mass is 10.2. The number of hydrogen-bond acceptors (Lipinski definition) is 3. The second kappa shape index (κ2) is 4.15. The third kappa shape index (κ3) is 1.70.